The highest BCUT2D eigenvalue weighted by molar-refractivity contribution is 7.45. The molecule has 0 aromatic carbocycles. The fraction of sp³-hybridized carbons (Fsp3) is 0.694. The number of carbonyl (C=O) groups excluding carboxylic acids is 2. The second-order valence-electron chi connectivity index (χ2n) is 23.2. The Morgan fingerprint density at radius 1 is 0.439 bits per heavy atom. The minimum absolute atomic E-state index is 0.0354. The third kappa shape index (κ3) is 61.0. The Hall–Kier alpha value is -3.59. The Bertz CT molecular complexity index is 1820. The molecule has 0 bridgehead atoms. The molecule has 0 aromatic heterocycles. The van der Waals surface area contributed by atoms with Crippen LogP contribution in [0.2, 0.25) is 0 Å². The van der Waals surface area contributed by atoms with Crippen molar-refractivity contribution < 1.29 is 37.3 Å². The molecule has 0 saturated heterocycles. The van der Waals surface area contributed by atoms with Crippen molar-refractivity contribution >= 4 is 19.7 Å². The predicted molar refractivity (Wildman–Crippen MR) is 353 cm³/mol. The Labute approximate surface area is 505 Å². The van der Waals surface area contributed by atoms with Gasteiger partial charge in [0.15, 0.2) is 0 Å². The Balaban J connectivity index is 5.22. The first-order valence-electron chi connectivity index (χ1n) is 33.3. The van der Waals surface area contributed by atoms with Gasteiger partial charge in [-0.25, -0.2) is 0 Å². The highest BCUT2D eigenvalue weighted by Gasteiger charge is 2.27. The van der Waals surface area contributed by atoms with Crippen LogP contribution >= 0.6 is 7.82 Å². The van der Waals surface area contributed by atoms with E-state index in [0.717, 1.165) is 122 Å². The standard InChI is InChI=1S/C72H125N2O7P/c1-7-10-13-16-19-22-25-28-30-32-34-35-36-37-38-39-41-42-44-46-49-52-55-58-61-64-71(75)73-69(68-80-82(77,78)79-67-66-74(4,5)6)70(63-60-57-54-51-48-27-24-21-18-15-12-9-3)81-72(76)65-62-59-56-53-50-47-45-43-40-33-31-29-26-23-20-17-14-11-8-2/h11,14,19-20,22-23,28-31,34-35,37-38,40,43,47,50,60,63,69-70H,7-10,12-13,15-18,21,24-27,32-33,36,39,41-42,44-46,48-49,51-59,61-62,64-68H2,1-6H3,(H-,73,75,77,78)/b14-11-,22-19-,23-20-,30-28-,31-29-,35-34-,38-37-,43-40-,50-47-,63-60-. The van der Waals surface area contributed by atoms with E-state index in [1.807, 2.05) is 33.3 Å². The number of hydrogen-bond acceptors (Lipinski definition) is 7. The van der Waals surface area contributed by atoms with Crippen LogP contribution in [-0.4, -0.2) is 69.4 Å². The van der Waals surface area contributed by atoms with E-state index in [-0.39, 0.29) is 24.9 Å². The SMILES string of the molecule is CC/C=C\C/C=C\C/C=C\C/C=C\C/C=C\CCCCCC(=O)OC(/C=C\CCCCCCCCCCCC)C(COP(=O)([O-])OCC[N+](C)(C)C)NC(=O)CCCCCCCCCCC/C=C\C/C=C\C/C=C\C/C=C\CCCCC. The third-order valence-electron chi connectivity index (χ3n) is 14.1. The van der Waals surface area contributed by atoms with E-state index in [9.17, 15) is 19.0 Å². The Morgan fingerprint density at radius 2 is 0.780 bits per heavy atom. The smallest absolute Gasteiger partial charge is 0.306 e. The van der Waals surface area contributed by atoms with Gasteiger partial charge in [0, 0.05) is 12.8 Å². The lowest BCUT2D eigenvalue weighted by atomic mass is 10.0. The Kier molecular flexibility index (Phi) is 57.9. The summed E-state index contributed by atoms with van der Waals surface area (Å²) in [5.74, 6) is -0.590. The minimum Gasteiger partial charge on any atom is -0.756 e. The van der Waals surface area contributed by atoms with Crippen LogP contribution in [0.1, 0.15) is 271 Å². The molecule has 0 fully saturated rings. The average molecular weight is 1160 g/mol. The van der Waals surface area contributed by atoms with Gasteiger partial charge in [-0.1, -0.05) is 258 Å². The number of carbonyl (C=O) groups is 2. The summed E-state index contributed by atoms with van der Waals surface area (Å²) in [7, 11) is 1.15. The number of esters is 1. The first-order valence-corrected chi connectivity index (χ1v) is 34.8. The fourth-order valence-electron chi connectivity index (χ4n) is 9.00. The second-order valence-corrected chi connectivity index (χ2v) is 24.6. The molecule has 1 N–H and O–H groups in total. The molecule has 0 saturated carbocycles. The fourth-order valence-corrected chi connectivity index (χ4v) is 9.73. The summed E-state index contributed by atoms with van der Waals surface area (Å²) in [6.45, 7) is 6.67. The van der Waals surface area contributed by atoms with Crippen molar-refractivity contribution in [2.45, 2.75) is 283 Å². The number of amides is 1. The van der Waals surface area contributed by atoms with Crippen molar-refractivity contribution in [3.8, 4) is 0 Å². The van der Waals surface area contributed by atoms with Gasteiger partial charge in [-0.2, -0.15) is 0 Å². The molecule has 82 heavy (non-hydrogen) atoms. The summed E-state index contributed by atoms with van der Waals surface area (Å²) in [4.78, 5) is 40.1. The molecule has 0 spiro atoms. The van der Waals surface area contributed by atoms with Gasteiger partial charge in [0.25, 0.3) is 7.82 Å². The van der Waals surface area contributed by atoms with Crippen molar-refractivity contribution in [1.29, 1.82) is 0 Å². The monoisotopic (exact) mass is 1160 g/mol. The normalized spacial score (nSPS) is 14.4. The number of phosphoric ester groups is 1. The molecule has 0 aliphatic rings. The van der Waals surface area contributed by atoms with Crippen LogP contribution in [0.25, 0.3) is 0 Å². The lowest BCUT2D eigenvalue weighted by Crippen LogP contribution is -2.47. The van der Waals surface area contributed by atoms with Gasteiger partial charge < -0.3 is 28.5 Å². The highest BCUT2D eigenvalue weighted by atomic mass is 31.2. The summed E-state index contributed by atoms with van der Waals surface area (Å²) in [5.41, 5.74) is 0. The molecular formula is C72H125N2O7P. The number of rotatable bonds is 59. The first-order chi connectivity index (χ1) is 39.9. The molecule has 0 radical (unpaired) electrons. The number of hydrogen-bond donors (Lipinski definition) is 1. The van der Waals surface area contributed by atoms with Crippen LogP contribution < -0.4 is 10.2 Å². The van der Waals surface area contributed by atoms with Crippen LogP contribution in [0, 0.1) is 0 Å². The van der Waals surface area contributed by atoms with E-state index >= 15 is 0 Å². The zero-order chi connectivity index (χ0) is 60.0. The Morgan fingerprint density at radius 3 is 1.21 bits per heavy atom. The van der Waals surface area contributed by atoms with Crippen molar-refractivity contribution in [2.75, 3.05) is 40.9 Å². The maximum absolute atomic E-state index is 13.6. The second kappa shape index (κ2) is 60.5. The summed E-state index contributed by atoms with van der Waals surface area (Å²) in [6, 6.07) is -0.914. The molecule has 470 valence electrons. The number of likely N-dealkylation sites (N-methyl/N-ethyl adjacent to an activating group) is 1. The molecule has 0 aromatic rings. The van der Waals surface area contributed by atoms with Gasteiger partial charge >= 0.3 is 5.97 Å². The lowest BCUT2D eigenvalue weighted by Gasteiger charge is -2.30. The molecular weight excluding hydrogens is 1040 g/mol. The summed E-state index contributed by atoms with van der Waals surface area (Å²) in [6.07, 6.45) is 84.5. The van der Waals surface area contributed by atoms with Crippen LogP contribution in [0.3, 0.4) is 0 Å². The summed E-state index contributed by atoms with van der Waals surface area (Å²) >= 11 is 0. The number of nitrogens with one attached hydrogen (secondary N) is 1. The first kappa shape index (κ1) is 78.4. The van der Waals surface area contributed by atoms with Gasteiger partial charge in [-0.15, -0.1) is 0 Å². The van der Waals surface area contributed by atoms with Gasteiger partial charge in [0.2, 0.25) is 5.91 Å². The molecule has 0 heterocycles. The number of unbranched alkanes of at least 4 members (excludes halogenated alkanes) is 25. The summed E-state index contributed by atoms with van der Waals surface area (Å²) < 4.78 is 30.3. The molecule has 10 heteroatoms. The van der Waals surface area contributed by atoms with Crippen molar-refractivity contribution in [1.82, 2.24) is 5.32 Å². The molecule has 1 amide bonds. The van der Waals surface area contributed by atoms with E-state index in [1.165, 1.54) is 109 Å². The van der Waals surface area contributed by atoms with Gasteiger partial charge in [0.1, 0.15) is 19.3 Å². The molecule has 0 rings (SSSR count). The number of allylic oxidation sites excluding steroid dienone is 19. The van der Waals surface area contributed by atoms with Crippen LogP contribution in [0.15, 0.2) is 122 Å². The molecule has 0 aliphatic heterocycles. The molecule has 0 aliphatic carbocycles. The number of ether oxygens (including phenoxy) is 1. The van der Waals surface area contributed by atoms with E-state index in [4.69, 9.17) is 13.8 Å². The third-order valence-corrected chi connectivity index (χ3v) is 15.1. The number of nitrogens with zero attached hydrogens (tertiary/aromatic N) is 1. The van der Waals surface area contributed by atoms with Crippen LogP contribution in [0.5, 0.6) is 0 Å². The van der Waals surface area contributed by atoms with E-state index in [0.29, 0.717) is 23.9 Å². The zero-order valence-electron chi connectivity index (χ0n) is 53.7. The van der Waals surface area contributed by atoms with Crippen molar-refractivity contribution in [3.05, 3.63) is 122 Å². The van der Waals surface area contributed by atoms with E-state index < -0.39 is 26.6 Å². The molecule has 9 nitrogen and oxygen atoms in total. The molecule has 3 atom stereocenters. The van der Waals surface area contributed by atoms with Crippen molar-refractivity contribution in [3.63, 3.8) is 0 Å². The largest absolute Gasteiger partial charge is 0.756 e. The minimum atomic E-state index is -4.72. The quantitative estimate of drug-likeness (QED) is 0.0212. The van der Waals surface area contributed by atoms with E-state index in [1.54, 1.807) is 0 Å². The topological polar surface area (TPSA) is 114 Å². The van der Waals surface area contributed by atoms with Crippen molar-refractivity contribution in [2.24, 2.45) is 0 Å². The maximum Gasteiger partial charge on any atom is 0.306 e. The highest BCUT2D eigenvalue weighted by Crippen LogP contribution is 2.38. The van der Waals surface area contributed by atoms with Crippen LogP contribution in [0.4, 0.5) is 0 Å². The van der Waals surface area contributed by atoms with Gasteiger partial charge in [-0.3, -0.25) is 14.2 Å². The van der Waals surface area contributed by atoms with Crippen LogP contribution in [-0.2, 0) is 27.9 Å². The maximum atomic E-state index is 13.6. The lowest BCUT2D eigenvalue weighted by molar-refractivity contribution is -0.870. The zero-order valence-corrected chi connectivity index (χ0v) is 54.5. The number of phosphoric acid groups is 1. The average Bonchev–Trinajstić information content (AvgIpc) is 3.44. The summed E-state index contributed by atoms with van der Waals surface area (Å²) in [5, 5.41) is 3.02. The van der Waals surface area contributed by atoms with Gasteiger partial charge in [-0.05, 0) is 122 Å². The predicted octanol–water partition coefficient (Wildman–Crippen LogP) is 20.4. The molecule has 3 unspecified atom stereocenters. The number of quaternary nitrogens is 1. The van der Waals surface area contributed by atoms with E-state index in [2.05, 4.69) is 135 Å². The van der Waals surface area contributed by atoms with Gasteiger partial charge in [0.05, 0.1) is 33.8 Å².